The topological polar surface area (TPSA) is 86.8 Å². The van der Waals surface area contributed by atoms with E-state index in [2.05, 4.69) is 5.32 Å². The summed E-state index contributed by atoms with van der Waals surface area (Å²) in [6, 6.07) is 25.1. The Balaban J connectivity index is 1.87. The number of carbonyl (C=O) groups excluding carboxylic acids is 2. The summed E-state index contributed by atoms with van der Waals surface area (Å²) < 4.78 is 29.8. The van der Waals surface area contributed by atoms with Gasteiger partial charge in [-0.2, -0.15) is 0 Å². The van der Waals surface area contributed by atoms with Gasteiger partial charge >= 0.3 is 0 Å². The smallest absolute Gasteiger partial charge is 0.264 e. The number of aryl methyl sites for hydroxylation is 2. The van der Waals surface area contributed by atoms with Gasteiger partial charge in [-0.3, -0.25) is 13.9 Å². The van der Waals surface area contributed by atoms with Crippen molar-refractivity contribution in [1.82, 2.24) is 10.2 Å². The summed E-state index contributed by atoms with van der Waals surface area (Å²) in [5.74, 6) is -0.947. The van der Waals surface area contributed by atoms with Crippen LogP contribution in [0.25, 0.3) is 0 Å². The zero-order chi connectivity index (χ0) is 34.3. The number of rotatable bonds is 13. The van der Waals surface area contributed by atoms with Crippen LogP contribution >= 0.6 is 23.2 Å². The third kappa shape index (κ3) is 8.74. The third-order valence-corrected chi connectivity index (χ3v) is 10.9. The number of hydrogen-bond donors (Lipinski definition) is 1. The standard InChI is InChI=1S/C37H41Cl2N3O4S/c1-6-27(4)40-37(44)35(22-29-13-8-7-9-14-29)41(23-31-32(38)15-11-16-33(31)39)36(43)24-42(34-17-10-12-26(3)28(34)5)47(45,46)30-20-18-25(2)19-21-30/h7-21,27,35H,6,22-24H2,1-5H3,(H,40,44)/t27-,35+/m1/s1. The average Bonchev–Trinajstić information content (AvgIpc) is 3.04. The highest BCUT2D eigenvalue weighted by Crippen LogP contribution is 2.31. The second-order valence-corrected chi connectivity index (χ2v) is 14.5. The Morgan fingerprint density at radius 3 is 2.06 bits per heavy atom. The first kappa shape index (κ1) is 36.0. The van der Waals surface area contributed by atoms with E-state index in [1.807, 2.05) is 71.0 Å². The van der Waals surface area contributed by atoms with Crippen molar-refractivity contribution < 1.29 is 18.0 Å². The van der Waals surface area contributed by atoms with E-state index in [1.54, 1.807) is 42.5 Å². The van der Waals surface area contributed by atoms with Gasteiger partial charge in [0.1, 0.15) is 12.6 Å². The zero-order valence-corrected chi connectivity index (χ0v) is 29.7. The molecule has 47 heavy (non-hydrogen) atoms. The molecule has 1 N–H and O–H groups in total. The van der Waals surface area contributed by atoms with Crippen LogP contribution in [0, 0.1) is 20.8 Å². The number of carbonyl (C=O) groups is 2. The Bertz CT molecular complexity index is 1800. The van der Waals surface area contributed by atoms with Crippen LogP contribution in [-0.4, -0.2) is 43.8 Å². The number of halogens is 2. The van der Waals surface area contributed by atoms with E-state index >= 15 is 0 Å². The summed E-state index contributed by atoms with van der Waals surface area (Å²) in [7, 11) is -4.22. The molecule has 248 valence electrons. The molecular weight excluding hydrogens is 653 g/mol. The SMILES string of the molecule is CC[C@@H](C)NC(=O)[C@H](Cc1ccccc1)N(Cc1c(Cl)cccc1Cl)C(=O)CN(c1cccc(C)c1C)S(=O)(=O)c1ccc(C)cc1. The number of sulfonamides is 1. The average molecular weight is 695 g/mol. The van der Waals surface area contributed by atoms with Gasteiger partial charge in [0.25, 0.3) is 10.0 Å². The summed E-state index contributed by atoms with van der Waals surface area (Å²) in [5, 5.41) is 3.69. The zero-order valence-electron chi connectivity index (χ0n) is 27.3. The summed E-state index contributed by atoms with van der Waals surface area (Å²) in [6.45, 7) is 8.76. The molecule has 10 heteroatoms. The van der Waals surface area contributed by atoms with Gasteiger partial charge in [-0.25, -0.2) is 8.42 Å². The monoisotopic (exact) mass is 693 g/mol. The molecule has 0 aromatic heterocycles. The number of nitrogens with zero attached hydrogens (tertiary/aromatic N) is 2. The normalized spacial score (nSPS) is 12.7. The number of amides is 2. The molecular formula is C37H41Cl2N3O4S. The second kappa shape index (κ2) is 15.8. The van der Waals surface area contributed by atoms with Crippen molar-refractivity contribution in [2.45, 2.75) is 71.0 Å². The van der Waals surface area contributed by atoms with Crippen LogP contribution in [-0.2, 0) is 32.6 Å². The first-order valence-corrected chi connectivity index (χ1v) is 17.7. The van der Waals surface area contributed by atoms with Gasteiger partial charge < -0.3 is 10.2 Å². The molecule has 0 saturated carbocycles. The maximum Gasteiger partial charge on any atom is 0.264 e. The first-order chi connectivity index (χ1) is 22.3. The predicted octanol–water partition coefficient (Wildman–Crippen LogP) is 7.67. The molecule has 0 radical (unpaired) electrons. The Hall–Kier alpha value is -3.85. The quantitative estimate of drug-likeness (QED) is 0.156. The van der Waals surface area contributed by atoms with Crippen LogP contribution in [0.15, 0.2) is 95.9 Å². The predicted molar refractivity (Wildman–Crippen MR) is 190 cm³/mol. The van der Waals surface area contributed by atoms with E-state index < -0.39 is 28.5 Å². The van der Waals surface area contributed by atoms with Gasteiger partial charge in [-0.1, -0.05) is 96.4 Å². The van der Waals surface area contributed by atoms with E-state index in [0.717, 1.165) is 21.0 Å². The molecule has 4 aromatic carbocycles. The van der Waals surface area contributed by atoms with Crippen LogP contribution in [0.4, 0.5) is 5.69 Å². The van der Waals surface area contributed by atoms with Crippen molar-refractivity contribution >= 4 is 50.7 Å². The molecule has 0 aliphatic heterocycles. The maximum atomic E-state index is 14.7. The van der Waals surface area contributed by atoms with E-state index in [0.29, 0.717) is 33.3 Å². The van der Waals surface area contributed by atoms with Crippen LogP contribution in [0.1, 0.15) is 48.1 Å². The van der Waals surface area contributed by atoms with Gasteiger partial charge in [-0.15, -0.1) is 0 Å². The van der Waals surface area contributed by atoms with Crippen molar-refractivity contribution in [3.05, 3.63) is 129 Å². The Morgan fingerprint density at radius 2 is 1.45 bits per heavy atom. The minimum Gasteiger partial charge on any atom is -0.352 e. The lowest BCUT2D eigenvalue weighted by Crippen LogP contribution is -2.54. The number of benzene rings is 4. The summed E-state index contributed by atoms with van der Waals surface area (Å²) in [5.41, 5.74) is 4.15. The minimum atomic E-state index is -4.22. The van der Waals surface area contributed by atoms with Gasteiger partial charge in [0.05, 0.1) is 10.6 Å². The fourth-order valence-corrected chi connectivity index (χ4v) is 7.19. The molecule has 0 spiro atoms. The van der Waals surface area contributed by atoms with E-state index in [9.17, 15) is 18.0 Å². The molecule has 0 aliphatic carbocycles. The molecule has 0 saturated heterocycles. The van der Waals surface area contributed by atoms with Gasteiger partial charge in [-0.05, 0) is 81.1 Å². The molecule has 0 aliphatic rings. The number of hydrogen-bond acceptors (Lipinski definition) is 4. The highest BCUT2D eigenvalue weighted by molar-refractivity contribution is 7.92. The second-order valence-electron chi connectivity index (χ2n) is 11.8. The third-order valence-electron chi connectivity index (χ3n) is 8.39. The molecule has 0 bridgehead atoms. The van der Waals surface area contributed by atoms with Crippen LogP contribution < -0.4 is 9.62 Å². The molecule has 0 unspecified atom stereocenters. The van der Waals surface area contributed by atoms with Crippen LogP contribution in [0.3, 0.4) is 0 Å². The molecule has 7 nitrogen and oxygen atoms in total. The Morgan fingerprint density at radius 1 is 0.830 bits per heavy atom. The Labute approximate surface area is 288 Å². The molecule has 0 heterocycles. The molecule has 4 rings (SSSR count). The maximum absolute atomic E-state index is 14.7. The molecule has 2 atom stereocenters. The summed E-state index contributed by atoms with van der Waals surface area (Å²) >= 11 is 13.2. The molecule has 0 fully saturated rings. The van der Waals surface area contributed by atoms with Crippen molar-refractivity contribution in [3.8, 4) is 0 Å². The lowest BCUT2D eigenvalue weighted by molar-refractivity contribution is -0.140. The van der Waals surface area contributed by atoms with E-state index in [4.69, 9.17) is 23.2 Å². The van der Waals surface area contributed by atoms with Crippen molar-refractivity contribution in [1.29, 1.82) is 0 Å². The van der Waals surface area contributed by atoms with Crippen molar-refractivity contribution in [2.75, 3.05) is 10.8 Å². The van der Waals surface area contributed by atoms with E-state index in [1.165, 1.54) is 17.0 Å². The van der Waals surface area contributed by atoms with Gasteiger partial charge in [0, 0.05) is 34.6 Å². The lowest BCUT2D eigenvalue weighted by Gasteiger charge is -2.35. The number of nitrogens with one attached hydrogen (secondary N) is 1. The minimum absolute atomic E-state index is 0.0489. The van der Waals surface area contributed by atoms with Crippen molar-refractivity contribution in [2.24, 2.45) is 0 Å². The van der Waals surface area contributed by atoms with Gasteiger partial charge in [0.2, 0.25) is 11.8 Å². The fourth-order valence-electron chi connectivity index (χ4n) is 5.21. The van der Waals surface area contributed by atoms with Gasteiger partial charge in [0.15, 0.2) is 0 Å². The highest BCUT2D eigenvalue weighted by Gasteiger charge is 2.36. The van der Waals surface area contributed by atoms with E-state index in [-0.39, 0.29) is 29.8 Å². The highest BCUT2D eigenvalue weighted by atomic mass is 35.5. The molecule has 4 aromatic rings. The summed E-state index contributed by atoms with van der Waals surface area (Å²) in [4.78, 5) is 30.2. The fraction of sp³-hybridized carbons (Fsp3) is 0.297. The Kier molecular flexibility index (Phi) is 12.1. The molecule has 2 amide bonds. The van der Waals surface area contributed by atoms with Crippen LogP contribution in [0.5, 0.6) is 0 Å². The largest absolute Gasteiger partial charge is 0.352 e. The first-order valence-electron chi connectivity index (χ1n) is 15.6. The summed E-state index contributed by atoms with van der Waals surface area (Å²) in [6.07, 6.45) is 0.869. The number of anilines is 1. The lowest BCUT2D eigenvalue weighted by atomic mass is 10.0. The van der Waals surface area contributed by atoms with Crippen LogP contribution in [0.2, 0.25) is 10.0 Å². The van der Waals surface area contributed by atoms with Crippen molar-refractivity contribution in [3.63, 3.8) is 0 Å².